The van der Waals surface area contributed by atoms with Gasteiger partial charge in [0.05, 0.1) is 24.9 Å². The second-order valence-corrected chi connectivity index (χ2v) is 5.85. The molecule has 0 unspecified atom stereocenters. The lowest BCUT2D eigenvalue weighted by Crippen LogP contribution is -2.42. The SMILES string of the molecule is COCCC(=O)N1CCC(Nc2cncc(Br)c2)CC1. The van der Waals surface area contributed by atoms with E-state index >= 15 is 0 Å². The van der Waals surface area contributed by atoms with Crippen molar-refractivity contribution >= 4 is 27.5 Å². The number of ether oxygens (including phenoxy) is 1. The lowest BCUT2D eigenvalue weighted by Gasteiger charge is -2.33. The van der Waals surface area contributed by atoms with Crippen molar-refractivity contribution in [1.29, 1.82) is 0 Å². The quantitative estimate of drug-likeness (QED) is 0.892. The molecule has 1 amide bonds. The summed E-state index contributed by atoms with van der Waals surface area (Å²) < 4.78 is 5.91. The van der Waals surface area contributed by atoms with Gasteiger partial charge in [-0.2, -0.15) is 0 Å². The van der Waals surface area contributed by atoms with E-state index in [1.54, 1.807) is 13.3 Å². The van der Waals surface area contributed by atoms with Gasteiger partial charge in [0.2, 0.25) is 5.91 Å². The molecule has 1 aliphatic heterocycles. The third-order valence-corrected chi connectivity index (χ3v) is 3.88. The van der Waals surface area contributed by atoms with Gasteiger partial charge in [-0.05, 0) is 34.8 Å². The minimum Gasteiger partial charge on any atom is -0.384 e. The van der Waals surface area contributed by atoms with Gasteiger partial charge in [-0.15, -0.1) is 0 Å². The highest BCUT2D eigenvalue weighted by molar-refractivity contribution is 9.10. The molecule has 1 fully saturated rings. The molecule has 20 heavy (non-hydrogen) atoms. The van der Waals surface area contributed by atoms with E-state index in [-0.39, 0.29) is 5.91 Å². The number of carbonyl (C=O) groups is 1. The minimum atomic E-state index is 0.189. The third-order valence-electron chi connectivity index (χ3n) is 3.44. The van der Waals surface area contributed by atoms with E-state index in [0.717, 1.165) is 36.1 Å². The van der Waals surface area contributed by atoms with Crippen LogP contribution in [0.3, 0.4) is 0 Å². The minimum absolute atomic E-state index is 0.189. The first-order valence-electron chi connectivity index (χ1n) is 6.83. The number of nitrogens with one attached hydrogen (secondary N) is 1. The zero-order valence-electron chi connectivity index (χ0n) is 11.6. The van der Waals surface area contributed by atoms with E-state index in [1.165, 1.54) is 0 Å². The molecule has 5 nitrogen and oxygen atoms in total. The number of carbonyl (C=O) groups excluding carboxylic acids is 1. The van der Waals surface area contributed by atoms with Gasteiger partial charge in [-0.1, -0.05) is 0 Å². The first-order chi connectivity index (χ1) is 9.69. The van der Waals surface area contributed by atoms with E-state index in [1.807, 2.05) is 17.2 Å². The molecular weight excluding hydrogens is 322 g/mol. The molecule has 0 spiro atoms. The zero-order chi connectivity index (χ0) is 14.4. The normalized spacial score (nSPS) is 16.2. The zero-order valence-corrected chi connectivity index (χ0v) is 13.2. The highest BCUT2D eigenvalue weighted by Crippen LogP contribution is 2.19. The maximum absolute atomic E-state index is 11.9. The monoisotopic (exact) mass is 341 g/mol. The Labute approximate surface area is 127 Å². The van der Waals surface area contributed by atoms with E-state index in [4.69, 9.17) is 4.74 Å². The average molecular weight is 342 g/mol. The number of aromatic nitrogens is 1. The van der Waals surface area contributed by atoms with Crippen molar-refractivity contribution in [3.05, 3.63) is 22.9 Å². The number of halogens is 1. The number of amides is 1. The molecule has 0 bridgehead atoms. The second-order valence-electron chi connectivity index (χ2n) is 4.93. The number of pyridine rings is 1. The second kappa shape index (κ2) is 7.59. The molecule has 0 saturated carbocycles. The molecule has 1 saturated heterocycles. The Morgan fingerprint density at radius 2 is 2.25 bits per heavy atom. The lowest BCUT2D eigenvalue weighted by molar-refractivity contribution is -0.133. The molecule has 110 valence electrons. The molecule has 6 heteroatoms. The molecule has 1 aromatic heterocycles. The summed E-state index contributed by atoms with van der Waals surface area (Å²) in [5, 5.41) is 3.47. The fourth-order valence-electron chi connectivity index (χ4n) is 2.35. The standard InChI is InChI=1S/C14H20BrN3O2/c1-20-7-4-14(19)18-5-2-12(3-6-18)17-13-8-11(15)9-16-10-13/h8-10,12,17H,2-7H2,1H3. The van der Waals surface area contributed by atoms with Crippen molar-refractivity contribution in [3.8, 4) is 0 Å². The predicted octanol–water partition coefficient (Wildman–Crippen LogP) is 2.28. The van der Waals surface area contributed by atoms with Crippen molar-refractivity contribution in [2.45, 2.75) is 25.3 Å². The number of rotatable bonds is 5. The Morgan fingerprint density at radius 3 is 2.90 bits per heavy atom. The Morgan fingerprint density at radius 1 is 1.50 bits per heavy atom. The molecule has 0 radical (unpaired) electrons. The van der Waals surface area contributed by atoms with Crippen molar-refractivity contribution in [3.63, 3.8) is 0 Å². The molecule has 0 atom stereocenters. The Kier molecular flexibility index (Phi) is 5.79. The summed E-state index contributed by atoms with van der Waals surface area (Å²) in [5.41, 5.74) is 1.02. The summed E-state index contributed by atoms with van der Waals surface area (Å²) in [6.07, 6.45) is 5.99. The number of hydrogen-bond donors (Lipinski definition) is 1. The smallest absolute Gasteiger partial charge is 0.224 e. The van der Waals surface area contributed by atoms with Crippen LogP contribution in [0.15, 0.2) is 22.9 Å². The van der Waals surface area contributed by atoms with Gasteiger partial charge >= 0.3 is 0 Å². The summed E-state index contributed by atoms with van der Waals surface area (Å²) in [6, 6.07) is 2.42. The largest absolute Gasteiger partial charge is 0.384 e. The van der Waals surface area contributed by atoms with Gasteiger partial charge < -0.3 is 15.0 Å². The van der Waals surface area contributed by atoms with Crippen molar-refractivity contribution in [2.75, 3.05) is 32.1 Å². The lowest BCUT2D eigenvalue weighted by atomic mass is 10.0. The average Bonchev–Trinajstić information content (AvgIpc) is 2.45. The molecule has 2 heterocycles. The Hall–Kier alpha value is -1.14. The van der Waals surface area contributed by atoms with Crippen LogP contribution in [0.5, 0.6) is 0 Å². The topological polar surface area (TPSA) is 54.5 Å². The molecule has 0 aromatic carbocycles. The molecule has 1 N–H and O–H groups in total. The number of likely N-dealkylation sites (tertiary alicyclic amines) is 1. The highest BCUT2D eigenvalue weighted by atomic mass is 79.9. The highest BCUT2D eigenvalue weighted by Gasteiger charge is 2.22. The van der Waals surface area contributed by atoms with Crippen LogP contribution in [0.2, 0.25) is 0 Å². The van der Waals surface area contributed by atoms with Crippen LogP contribution in [0.25, 0.3) is 0 Å². The molecule has 1 aromatic rings. The number of hydrogen-bond acceptors (Lipinski definition) is 4. The molecule has 1 aliphatic rings. The maximum Gasteiger partial charge on any atom is 0.224 e. The molecule has 0 aliphatic carbocycles. The van der Waals surface area contributed by atoms with Crippen LogP contribution in [0.4, 0.5) is 5.69 Å². The Balaban J connectivity index is 1.78. The van der Waals surface area contributed by atoms with Crippen LogP contribution in [0.1, 0.15) is 19.3 Å². The fraction of sp³-hybridized carbons (Fsp3) is 0.571. The number of methoxy groups -OCH3 is 1. The van der Waals surface area contributed by atoms with Crippen LogP contribution >= 0.6 is 15.9 Å². The van der Waals surface area contributed by atoms with Gasteiger partial charge in [0.1, 0.15) is 0 Å². The summed E-state index contributed by atoms with van der Waals surface area (Å²) >= 11 is 3.41. The van der Waals surface area contributed by atoms with Gasteiger partial charge in [-0.25, -0.2) is 0 Å². The van der Waals surface area contributed by atoms with Crippen molar-refractivity contribution in [2.24, 2.45) is 0 Å². The van der Waals surface area contributed by atoms with E-state index in [2.05, 4.69) is 26.2 Å². The summed E-state index contributed by atoms with van der Waals surface area (Å²) in [4.78, 5) is 17.9. The van der Waals surface area contributed by atoms with Gasteiger partial charge in [0.25, 0.3) is 0 Å². The summed E-state index contributed by atoms with van der Waals surface area (Å²) in [6.45, 7) is 2.12. The van der Waals surface area contributed by atoms with Gasteiger partial charge in [0.15, 0.2) is 0 Å². The number of anilines is 1. The first kappa shape index (κ1) is 15.3. The van der Waals surface area contributed by atoms with Gasteiger partial charge in [-0.3, -0.25) is 9.78 Å². The fourth-order valence-corrected chi connectivity index (χ4v) is 2.71. The van der Waals surface area contributed by atoms with E-state index < -0.39 is 0 Å². The van der Waals surface area contributed by atoms with Crippen molar-refractivity contribution < 1.29 is 9.53 Å². The summed E-state index contributed by atoms with van der Waals surface area (Å²) in [7, 11) is 1.62. The van der Waals surface area contributed by atoms with Crippen LogP contribution < -0.4 is 5.32 Å². The first-order valence-corrected chi connectivity index (χ1v) is 7.62. The predicted molar refractivity (Wildman–Crippen MR) is 81.7 cm³/mol. The molecule has 2 rings (SSSR count). The van der Waals surface area contributed by atoms with Crippen LogP contribution in [-0.4, -0.2) is 48.6 Å². The number of nitrogens with zero attached hydrogens (tertiary/aromatic N) is 2. The molecular formula is C14H20BrN3O2. The van der Waals surface area contributed by atoms with Gasteiger partial charge in [0, 0.05) is 36.9 Å². The summed E-state index contributed by atoms with van der Waals surface area (Å²) in [5.74, 6) is 0.189. The maximum atomic E-state index is 11.9. The number of piperidine rings is 1. The van der Waals surface area contributed by atoms with E-state index in [0.29, 0.717) is 19.1 Å². The third kappa shape index (κ3) is 4.45. The Bertz CT molecular complexity index is 448. The van der Waals surface area contributed by atoms with Crippen molar-refractivity contribution in [1.82, 2.24) is 9.88 Å². The van der Waals surface area contributed by atoms with Crippen LogP contribution in [-0.2, 0) is 9.53 Å². The van der Waals surface area contributed by atoms with E-state index in [9.17, 15) is 4.79 Å². The van der Waals surface area contributed by atoms with Crippen LogP contribution in [0, 0.1) is 0 Å².